The third kappa shape index (κ3) is 6.25. The number of hydrogen-bond acceptors (Lipinski definition) is 5. The average Bonchev–Trinajstić information content (AvgIpc) is 3.10. The van der Waals surface area contributed by atoms with Crippen LogP contribution in [0.1, 0.15) is 69.4 Å². The summed E-state index contributed by atoms with van der Waals surface area (Å²) >= 11 is 1.72. The predicted molar refractivity (Wildman–Crippen MR) is 128 cm³/mol. The van der Waals surface area contributed by atoms with Gasteiger partial charge in [-0.3, -0.25) is 10.1 Å². The van der Waals surface area contributed by atoms with Gasteiger partial charge in [0, 0.05) is 19.3 Å². The van der Waals surface area contributed by atoms with Gasteiger partial charge in [0.25, 0.3) is 5.91 Å². The number of urea groups is 1. The number of likely N-dealkylation sites (N-methyl/N-ethyl adjacent to an activating group) is 1. The summed E-state index contributed by atoms with van der Waals surface area (Å²) in [5.41, 5.74) is 2.34. The summed E-state index contributed by atoms with van der Waals surface area (Å²) < 4.78 is 0. The van der Waals surface area contributed by atoms with E-state index in [4.69, 9.17) is 4.99 Å². The second-order valence-electron chi connectivity index (χ2n) is 8.62. The Morgan fingerprint density at radius 2 is 1.77 bits per heavy atom. The summed E-state index contributed by atoms with van der Waals surface area (Å²) in [5.74, 6) is 0.726. The summed E-state index contributed by atoms with van der Waals surface area (Å²) in [5, 5.41) is 3.35. The van der Waals surface area contributed by atoms with Gasteiger partial charge in [-0.2, -0.15) is 0 Å². The minimum Gasteiger partial charge on any atom is -0.331 e. The molecule has 1 fully saturated rings. The van der Waals surface area contributed by atoms with Gasteiger partial charge in [0.1, 0.15) is 0 Å². The maximum Gasteiger partial charge on any atom is 0.325 e. The number of unbranched alkanes of at least 4 members (excludes halogenated alkanes) is 7. The highest BCUT2D eigenvalue weighted by atomic mass is 32.2. The molecule has 0 radical (unpaired) electrons. The van der Waals surface area contributed by atoms with Crippen LogP contribution in [-0.2, 0) is 11.3 Å². The standard InChI is InChI=1S/C24H36N4O2S/c1-4-5-6-7-8-9-10-11-15-31-24-25-21-20(22(29)26-23(30)27(21)3)28(24)17-19-14-12-13-18(2)16-19/h12-14,16,20-21H,4-11,15,17H2,1-3H3,(H,26,29,30). The van der Waals surface area contributed by atoms with Gasteiger partial charge >= 0.3 is 6.03 Å². The molecule has 6 nitrogen and oxygen atoms in total. The Labute approximate surface area is 190 Å². The van der Waals surface area contributed by atoms with E-state index in [0.717, 1.165) is 22.9 Å². The van der Waals surface area contributed by atoms with Gasteiger partial charge in [-0.15, -0.1) is 0 Å². The molecule has 2 aliphatic rings. The van der Waals surface area contributed by atoms with Crippen LogP contribution in [0.4, 0.5) is 4.79 Å². The van der Waals surface area contributed by atoms with Crippen molar-refractivity contribution in [3.05, 3.63) is 35.4 Å². The normalized spacial score (nSPS) is 20.7. The van der Waals surface area contributed by atoms with Crippen LogP contribution in [0.2, 0.25) is 0 Å². The number of benzene rings is 1. The average molecular weight is 445 g/mol. The van der Waals surface area contributed by atoms with Crippen molar-refractivity contribution >= 4 is 28.9 Å². The van der Waals surface area contributed by atoms with Crippen molar-refractivity contribution in [3.8, 4) is 0 Å². The number of rotatable bonds is 11. The largest absolute Gasteiger partial charge is 0.331 e. The van der Waals surface area contributed by atoms with E-state index in [2.05, 4.69) is 42.3 Å². The number of fused-ring (bicyclic) bond motifs is 1. The minimum absolute atomic E-state index is 0.257. The molecule has 31 heavy (non-hydrogen) atoms. The molecule has 2 atom stereocenters. The van der Waals surface area contributed by atoms with Crippen LogP contribution in [0.3, 0.4) is 0 Å². The number of nitrogens with zero attached hydrogens (tertiary/aromatic N) is 3. The van der Waals surface area contributed by atoms with Crippen molar-refractivity contribution < 1.29 is 9.59 Å². The fourth-order valence-electron chi connectivity index (χ4n) is 4.19. The number of imide groups is 1. The van der Waals surface area contributed by atoms with Crippen molar-refractivity contribution in [3.63, 3.8) is 0 Å². The van der Waals surface area contributed by atoms with Gasteiger partial charge < -0.3 is 9.80 Å². The summed E-state index contributed by atoms with van der Waals surface area (Å²) in [6, 6.07) is 7.49. The van der Waals surface area contributed by atoms with Gasteiger partial charge in [0.2, 0.25) is 0 Å². The number of hydrogen-bond donors (Lipinski definition) is 1. The fraction of sp³-hybridized carbons (Fsp3) is 0.625. The Morgan fingerprint density at radius 1 is 1.06 bits per heavy atom. The van der Waals surface area contributed by atoms with Gasteiger partial charge in [-0.1, -0.05) is 93.5 Å². The SMILES string of the molecule is CCCCCCCCCCSC1=NC2C(C(=O)NC(=O)N2C)N1Cc1cccc(C)c1. The lowest BCUT2D eigenvalue weighted by molar-refractivity contribution is -0.127. The van der Waals surface area contributed by atoms with Crippen molar-refractivity contribution in [2.24, 2.45) is 4.99 Å². The van der Waals surface area contributed by atoms with E-state index in [9.17, 15) is 9.59 Å². The molecule has 0 aromatic heterocycles. The van der Waals surface area contributed by atoms with E-state index in [0.29, 0.717) is 6.54 Å². The topological polar surface area (TPSA) is 65.0 Å². The molecule has 2 unspecified atom stereocenters. The van der Waals surface area contributed by atoms with Crippen molar-refractivity contribution in [2.75, 3.05) is 12.8 Å². The highest BCUT2D eigenvalue weighted by molar-refractivity contribution is 8.13. The highest BCUT2D eigenvalue weighted by Gasteiger charge is 2.48. The van der Waals surface area contributed by atoms with Gasteiger partial charge in [0.15, 0.2) is 17.4 Å². The number of carbonyl (C=O) groups excluding carboxylic acids is 2. The molecule has 0 aliphatic carbocycles. The van der Waals surface area contributed by atoms with Crippen LogP contribution >= 0.6 is 11.8 Å². The second-order valence-corrected chi connectivity index (χ2v) is 9.68. The van der Waals surface area contributed by atoms with E-state index >= 15 is 0 Å². The van der Waals surface area contributed by atoms with Gasteiger partial charge in [-0.25, -0.2) is 9.79 Å². The smallest absolute Gasteiger partial charge is 0.325 e. The van der Waals surface area contributed by atoms with Crippen LogP contribution in [0, 0.1) is 6.92 Å². The molecule has 1 aromatic carbocycles. The number of nitrogens with one attached hydrogen (secondary N) is 1. The molecule has 0 saturated carbocycles. The Bertz CT molecular complexity index is 798. The molecule has 3 rings (SSSR count). The Balaban J connectivity index is 1.59. The monoisotopic (exact) mass is 444 g/mol. The first-order chi connectivity index (χ1) is 15.0. The third-order valence-electron chi connectivity index (χ3n) is 5.99. The van der Waals surface area contributed by atoms with Crippen molar-refractivity contribution in [2.45, 2.75) is 84.0 Å². The lowest BCUT2D eigenvalue weighted by Gasteiger charge is -2.36. The highest BCUT2D eigenvalue weighted by Crippen LogP contribution is 2.30. The molecule has 0 bridgehead atoms. The molecule has 1 aromatic rings. The first-order valence-electron chi connectivity index (χ1n) is 11.6. The van der Waals surface area contributed by atoms with Crippen LogP contribution in [-0.4, -0.2) is 51.9 Å². The fourth-order valence-corrected chi connectivity index (χ4v) is 5.25. The van der Waals surface area contributed by atoms with E-state index in [1.165, 1.54) is 50.5 Å². The third-order valence-corrected chi connectivity index (χ3v) is 7.08. The molecule has 1 saturated heterocycles. The summed E-state index contributed by atoms with van der Waals surface area (Å²) in [6.07, 6.45) is 9.87. The predicted octanol–water partition coefficient (Wildman–Crippen LogP) is 4.92. The van der Waals surface area contributed by atoms with E-state index in [1.54, 1.807) is 23.7 Å². The summed E-state index contributed by atoms with van der Waals surface area (Å²) in [7, 11) is 1.71. The number of amides is 3. The molecule has 2 heterocycles. The lowest BCUT2D eigenvalue weighted by atomic mass is 10.1. The maximum atomic E-state index is 12.7. The first kappa shape index (κ1) is 23.6. The maximum absolute atomic E-state index is 12.7. The Morgan fingerprint density at radius 3 is 2.48 bits per heavy atom. The lowest BCUT2D eigenvalue weighted by Crippen LogP contribution is -2.63. The molecule has 2 aliphatic heterocycles. The summed E-state index contributed by atoms with van der Waals surface area (Å²) in [4.78, 5) is 33.2. The second kappa shape index (κ2) is 11.6. The minimum atomic E-state index is -0.468. The first-order valence-corrected chi connectivity index (χ1v) is 12.6. The molecular weight excluding hydrogens is 408 g/mol. The van der Waals surface area contributed by atoms with Crippen molar-refractivity contribution in [1.82, 2.24) is 15.1 Å². The number of thioether (sulfide) groups is 1. The van der Waals surface area contributed by atoms with Crippen LogP contribution in [0.15, 0.2) is 29.3 Å². The van der Waals surface area contributed by atoms with Crippen LogP contribution < -0.4 is 5.32 Å². The zero-order valence-corrected chi connectivity index (χ0v) is 19.9. The number of aryl methyl sites for hydroxylation is 1. The van der Waals surface area contributed by atoms with E-state index in [1.807, 2.05) is 6.07 Å². The molecular formula is C24H36N4O2S. The molecule has 1 N–H and O–H groups in total. The molecule has 7 heteroatoms. The number of amidine groups is 1. The quantitative estimate of drug-likeness (QED) is 0.492. The summed E-state index contributed by atoms with van der Waals surface area (Å²) in [6.45, 7) is 4.93. The van der Waals surface area contributed by atoms with E-state index < -0.39 is 12.2 Å². The van der Waals surface area contributed by atoms with Crippen LogP contribution in [0.25, 0.3) is 0 Å². The van der Waals surface area contributed by atoms with Crippen LogP contribution in [0.5, 0.6) is 0 Å². The number of aliphatic imine (C=N–C) groups is 1. The molecule has 3 amide bonds. The van der Waals surface area contributed by atoms with Gasteiger partial charge in [-0.05, 0) is 18.9 Å². The molecule has 170 valence electrons. The number of carbonyl (C=O) groups is 2. The molecule has 0 spiro atoms. The zero-order valence-electron chi connectivity index (χ0n) is 19.1. The van der Waals surface area contributed by atoms with Gasteiger partial charge in [0.05, 0.1) is 0 Å². The van der Waals surface area contributed by atoms with Crippen molar-refractivity contribution in [1.29, 1.82) is 0 Å². The van der Waals surface area contributed by atoms with E-state index in [-0.39, 0.29) is 11.9 Å². The zero-order chi connectivity index (χ0) is 22.2. The Kier molecular flexibility index (Phi) is 8.81. The Hall–Kier alpha value is -2.02.